The Bertz CT molecular complexity index is 634. The van der Waals surface area contributed by atoms with Gasteiger partial charge in [0.1, 0.15) is 10.8 Å². The molecule has 1 aromatic carbocycles. The molecule has 1 aromatic heterocycles. The standard InChI is InChI=1S/C13H11ClFN3O2/c1-8(12-4-2-9(15)7-16-12)17-10-3-5-13(18(19)20)11(14)6-10/h2-8,17H,1H3. The molecule has 0 saturated heterocycles. The molecule has 0 fully saturated rings. The average molecular weight is 296 g/mol. The Labute approximate surface area is 119 Å². The van der Waals surface area contributed by atoms with Gasteiger partial charge in [-0.3, -0.25) is 15.1 Å². The van der Waals surface area contributed by atoms with Crippen molar-refractivity contribution >= 4 is 23.0 Å². The molecule has 0 saturated carbocycles. The third-order valence-corrected chi connectivity index (χ3v) is 3.02. The molecule has 20 heavy (non-hydrogen) atoms. The number of nitro benzene ring substituents is 1. The molecule has 1 N–H and O–H groups in total. The molecule has 0 amide bonds. The van der Waals surface area contributed by atoms with Gasteiger partial charge in [-0.2, -0.15) is 0 Å². The van der Waals surface area contributed by atoms with Gasteiger partial charge in [-0.05, 0) is 31.2 Å². The van der Waals surface area contributed by atoms with Crippen LogP contribution in [0.25, 0.3) is 0 Å². The average Bonchev–Trinajstić information content (AvgIpc) is 2.39. The molecule has 2 aromatic rings. The second kappa shape index (κ2) is 5.83. The lowest BCUT2D eigenvalue weighted by Gasteiger charge is -2.14. The number of halogens is 2. The van der Waals surface area contributed by atoms with Crippen LogP contribution < -0.4 is 5.32 Å². The van der Waals surface area contributed by atoms with Gasteiger partial charge in [-0.15, -0.1) is 0 Å². The van der Waals surface area contributed by atoms with Crippen LogP contribution in [0, 0.1) is 15.9 Å². The van der Waals surface area contributed by atoms with Crippen molar-refractivity contribution in [3.63, 3.8) is 0 Å². The van der Waals surface area contributed by atoms with Crippen molar-refractivity contribution in [2.75, 3.05) is 5.32 Å². The lowest BCUT2D eigenvalue weighted by atomic mass is 10.2. The lowest BCUT2D eigenvalue weighted by Crippen LogP contribution is -2.08. The first-order valence-electron chi connectivity index (χ1n) is 5.79. The number of nitro groups is 1. The Morgan fingerprint density at radius 3 is 2.70 bits per heavy atom. The largest absolute Gasteiger partial charge is 0.377 e. The summed E-state index contributed by atoms with van der Waals surface area (Å²) in [6.07, 6.45) is 1.14. The highest BCUT2D eigenvalue weighted by molar-refractivity contribution is 6.32. The van der Waals surface area contributed by atoms with E-state index in [2.05, 4.69) is 10.3 Å². The fourth-order valence-corrected chi connectivity index (χ4v) is 1.96. The number of hydrogen-bond donors (Lipinski definition) is 1. The summed E-state index contributed by atoms with van der Waals surface area (Å²) in [7, 11) is 0. The van der Waals surface area contributed by atoms with Crippen molar-refractivity contribution in [2.24, 2.45) is 0 Å². The molecule has 0 aliphatic rings. The fourth-order valence-electron chi connectivity index (χ4n) is 1.71. The van der Waals surface area contributed by atoms with Crippen LogP contribution >= 0.6 is 11.6 Å². The maximum atomic E-state index is 12.8. The first-order chi connectivity index (χ1) is 9.47. The van der Waals surface area contributed by atoms with Crippen LogP contribution in [0.5, 0.6) is 0 Å². The second-order valence-corrected chi connectivity index (χ2v) is 4.60. The van der Waals surface area contributed by atoms with Crippen LogP contribution in [0.1, 0.15) is 18.7 Å². The van der Waals surface area contributed by atoms with Gasteiger partial charge in [-0.25, -0.2) is 4.39 Å². The van der Waals surface area contributed by atoms with Gasteiger partial charge in [0.15, 0.2) is 0 Å². The van der Waals surface area contributed by atoms with Crippen LogP contribution in [0.3, 0.4) is 0 Å². The van der Waals surface area contributed by atoms with Gasteiger partial charge in [0.2, 0.25) is 0 Å². The second-order valence-electron chi connectivity index (χ2n) is 4.19. The number of pyridine rings is 1. The van der Waals surface area contributed by atoms with Gasteiger partial charge < -0.3 is 5.32 Å². The predicted octanol–water partition coefficient (Wildman–Crippen LogP) is 3.96. The minimum atomic E-state index is -0.545. The number of aromatic nitrogens is 1. The fraction of sp³-hybridized carbons (Fsp3) is 0.154. The molecule has 0 radical (unpaired) electrons. The number of nitrogens with zero attached hydrogens (tertiary/aromatic N) is 2. The Morgan fingerprint density at radius 2 is 2.15 bits per heavy atom. The smallest absolute Gasteiger partial charge is 0.288 e. The molecular formula is C13H11ClFN3O2. The molecule has 0 aliphatic heterocycles. The van der Waals surface area contributed by atoms with Crippen molar-refractivity contribution in [2.45, 2.75) is 13.0 Å². The number of nitrogens with one attached hydrogen (secondary N) is 1. The van der Waals surface area contributed by atoms with Gasteiger partial charge >= 0.3 is 0 Å². The summed E-state index contributed by atoms with van der Waals surface area (Å²) in [4.78, 5) is 14.1. The third-order valence-electron chi connectivity index (χ3n) is 2.72. The van der Waals surface area contributed by atoms with E-state index in [0.29, 0.717) is 11.4 Å². The van der Waals surface area contributed by atoms with Crippen LogP contribution in [0.2, 0.25) is 5.02 Å². The van der Waals surface area contributed by atoms with Crippen molar-refractivity contribution < 1.29 is 9.31 Å². The molecule has 1 unspecified atom stereocenters. The molecule has 104 valence electrons. The van der Waals surface area contributed by atoms with Crippen LogP contribution in [0.4, 0.5) is 15.8 Å². The normalized spacial score (nSPS) is 11.9. The van der Waals surface area contributed by atoms with E-state index in [1.54, 1.807) is 12.1 Å². The summed E-state index contributed by atoms with van der Waals surface area (Å²) in [6.45, 7) is 1.84. The van der Waals surface area contributed by atoms with E-state index in [4.69, 9.17) is 11.6 Å². The molecular weight excluding hydrogens is 285 g/mol. The number of rotatable bonds is 4. The zero-order valence-electron chi connectivity index (χ0n) is 10.5. The Kier molecular flexibility index (Phi) is 4.14. The SMILES string of the molecule is CC(Nc1ccc([N+](=O)[O-])c(Cl)c1)c1ccc(F)cn1. The molecule has 0 bridgehead atoms. The molecule has 2 rings (SSSR count). The Morgan fingerprint density at radius 1 is 1.40 bits per heavy atom. The van der Waals surface area contributed by atoms with Crippen LogP contribution in [0.15, 0.2) is 36.5 Å². The van der Waals surface area contributed by atoms with Crippen LogP contribution in [-0.4, -0.2) is 9.91 Å². The maximum Gasteiger partial charge on any atom is 0.288 e. The first kappa shape index (κ1) is 14.2. The van der Waals surface area contributed by atoms with Crippen LogP contribution in [-0.2, 0) is 0 Å². The van der Waals surface area contributed by atoms with E-state index in [1.165, 1.54) is 18.2 Å². The number of hydrogen-bond acceptors (Lipinski definition) is 4. The summed E-state index contributed by atoms with van der Waals surface area (Å²) in [5.74, 6) is -0.403. The van der Waals surface area contributed by atoms with Gasteiger partial charge in [0, 0.05) is 11.8 Å². The molecule has 0 aliphatic carbocycles. The number of anilines is 1. The van der Waals surface area contributed by atoms with Crippen molar-refractivity contribution in [1.29, 1.82) is 0 Å². The first-order valence-corrected chi connectivity index (χ1v) is 6.17. The van der Waals surface area contributed by atoms with E-state index in [1.807, 2.05) is 6.92 Å². The zero-order chi connectivity index (χ0) is 14.7. The Hall–Kier alpha value is -2.21. The van der Waals surface area contributed by atoms with E-state index in [9.17, 15) is 14.5 Å². The van der Waals surface area contributed by atoms with Crippen molar-refractivity contribution in [3.05, 3.63) is 63.2 Å². The summed E-state index contributed by atoms with van der Waals surface area (Å²) in [5, 5.41) is 13.8. The van der Waals surface area contributed by atoms with E-state index in [0.717, 1.165) is 6.20 Å². The summed E-state index contributed by atoms with van der Waals surface area (Å²) < 4.78 is 12.8. The van der Waals surface area contributed by atoms with Gasteiger partial charge in [0.25, 0.3) is 5.69 Å². The highest BCUT2D eigenvalue weighted by Gasteiger charge is 2.13. The van der Waals surface area contributed by atoms with E-state index < -0.39 is 10.7 Å². The molecule has 5 nitrogen and oxygen atoms in total. The van der Waals surface area contributed by atoms with Crippen molar-refractivity contribution in [1.82, 2.24) is 4.98 Å². The predicted molar refractivity (Wildman–Crippen MR) is 74.3 cm³/mol. The molecule has 0 spiro atoms. The molecule has 7 heteroatoms. The summed E-state index contributed by atoms with van der Waals surface area (Å²) in [6, 6.07) is 7.07. The minimum Gasteiger partial charge on any atom is -0.377 e. The summed E-state index contributed by atoms with van der Waals surface area (Å²) in [5.41, 5.74) is 1.13. The third kappa shape index (κ3) is 3.21. The topological polar surface area (TPSA) is 68.1 Å². The zero-order valence-corrected chi connectivity index (χ0v) is 11.3. The number of benzene rings is 1. The van der Waals surface area contributed by atoms with Crippen molar-refractivity contribution in [3.8, 4) is 0 Å². The van der Waals surface area contributed by atoms with Gasteiger partial charge in [0.05, 0.1) is 22.9 Å². The minimum absolute atomic E-state index is 0.0549. The Balaban J connectivity index is 2.15. The van der Waals surface area contributed by atoms with E-state index >= 15 is 0 Å². The molecule has 1 atom stereocenters. The highest BCUT2D eigenvalue weighted by atomic mass is 35.5. The molecule has 1 heterocycles. The monoisotopic (exact) mass is 295 g/mol. The highest BCUT2D eigenvalue weighted by Crippen LogP contribution is 2.28. The maximum absolute atomic E-state index is 12.8. The quantitative estimate of drug-likeness (QED) is 0.685. The van der Waals surface area contributed by atoms with Gasteiger partial charge in [-0.1, -0.05) is 11.6 Å². The van der Waals surface area contributed by atoms with E-state index in [-0.39, 0.29) is 16.8 Å². The summed E-state index contributed by atoms with van der Waals surface area (Å²) >= 11 is 5.83. The lowest BCUT2D eigenvalue weighted by molar-refractivity contribution is -0.384.